The molecule has 0 unspecified atom stereocenters. The van der Waals surface area contributed by atoms with Crippen LogP contribution in [0.2, 0.25) is 0 Å². The summed E-state index contributed by atoms with van der Waals surface area (Å²) in [5, 5.41) is 0. The monoisotopic (exact) mass is 401 g/mol. The number of aliphatic imine (C=N–C) groups is 1. The van der Waals surface area contributed by atoms with Gasteiger partial charge in [-0.2, -0.15) is 0 Å². The predicted octanol–water partition coefficient (Wildman–Crippen LogP) is 3.97. The SMILES string of the molecule is COC(=O)c1ccc(COc2ccc(C=Nc3ccc4[nH]c(=O)[nH]c4c3)cc2)cc1. The van der Waals surface area contributed by atoms with E-state index >= 15 is 0 Å². The van der Waals surface area contributed by atoms with E-state index in [4.69, 9.17) is 4.74 Å². The number of benzene rings is 3. The van der Waals surface area contributed by atoms with Gasteiger partial charge in [0.05, 0.1) is 29.4 Å². The predicted molar refractivity (Wildman–Crippen MR) is 115 cm³/mol. The number of esters is 1. The molecule has 4 aromatic rings. The van der Waals surface area contributed by atoms with E-state index in [-0.39, 0.29) is 11.7 Å². The Hall–Kier alpha value is -4.13. The quantitative estimate of drug-likeness (QED) is 0.377. The molecule has 0 saturated heterocycles. The molecular formula is C23H19N3O4. The first-order valence-electron chi connectivity index (χ1n) is 9.27. The van der Waals surface area contributed by atoms with Gasteiger partial charge in [-0.3, -0.25) is 4.99 Å². The normalized spacial score (nSPS) is 11.1. The minimum absolute atomic E-state index is 0.235. The maximum absolute atomic E-state index is 11.5. The standard InChI is InChI=1S/C23H19N3O4/c1-29-22(27)17-6-2-16(3-7-17)14-30-19-9-4-15(5-10-19)13-24-18-8-11-20-21(12-18)26-23(28)25-20/h2-13H,14H2,1H3,(H2,25,26,28). The van der Waals surface area contributed by atoms with Gasteiger partial charge in [-0.15, -0.1) is 0 Å². The number of nitrogens with one attached hydrogen (secondary N) is 2. The van der Waals surface area contributed by atoms with Crippen molar-refractivity contribution in [2.75, 3.05) is 7.11 Å². The average Bonchev–Trinajstić information content (AvgIpc) is 3.16. The molecule has 1 aromatic heterocycles. The Balaban J connectivity index is 1.36. The van der Waals surface area contributed by atoms with Crippen molar-refractivity contribution in [2.24, 2.45) is 4.99 Å². The molecule has 4 rings (SSSR count). The zero-order valence-electron chi connectivity index (χ0n) is 16.2. The van der Waals surface area contributed by atoms with Crippen molar-refractivity contribution in [2.45, 2.75) is 6.61 Å². The van der Waals surface area contributed by atoms with Crippen molar-refractivity contribution in [1.82, 2.24) is 9.97 Å². The minimum Gasteiger partial charge on any atom is -0.489 e. The molecule has 7 nitrogen and oxygen atoms in total. The first-order valence-corrected chi connectivity index (χ1v) is 9.27. The molecule has 0 amide bonds. The number of H-pyrrole nitrogens is 2. The third kappa shape index (κ3) is 4.47. The van der Waals surface area contributed by atoms with Gasteiger partial charge in [-0.05, 0) is 65.7 Å². The van der Waals surface area contributed by atoms with E-state index < -0.39 is 0 Å². The third-order valence-electron chi connectivity index (χ3n) is 4.52. The molecule has 0 radical (unpaired) electrons. The molecule has 0 bridgehead atoms. The largest absolute Gasteiger partial charge is 0.489 e. The summed E-state index contributed by atoms with van der Waals surface area (Å²) in [5.74, 6) is 0.372. The van der Waals surface area contributed by atoms with Crippen LogP contribution in [0.4, 0.5) is 5.69 Å². The molecule has 0 spiro atoms. The molecule has 2 N–H and O–H groups in total. The van der Waals surface area contributed by atoms with Crippen molar-refractivity contribution in [3.05, 3.63) is 93.9 Å². The Morgan fingerprint density at radius 2 is 1.70 bits per heavy atom. The van der Waals surface area contributed by atoms with Gasteiger partial charge in [-0.1, -0.05) is 12.1 Å². The number of hydrogen-bond acceptors (Lipinski definition) is 5. The zero-order valence-corrected chi connectivity index (χ0v) is 16.2. The number of fused-ring (bicyclic) bond motifs is 1. The molecule has 0 aliphatic heterocycles. The first-order chi connectivity index (χ1) is 14.6. The molecule has 1 heterocycles. The molecule has 7 heteroatoms. The lowest BCUT2D eigenvalue weighted by molar-refractivity contribution is 0.0600. The zero-order chi connectivity index (χ0) is 20.9. The van der Waals surface area contributed by atoms with Crippen molar-refractivity contribution in [3.8, 4) is 5.75 Å². The summed E-state index contributed by atoms with van der Waals surface area (Å²) in [6.07, 6.45) is 1.75. The first kappa shape index (κ1) is 19.2. The van der Waals surface area contributed by atoms with Crippen LogP contribution in [0.15, 0.2) is 76.5 Å². The Morgan fingerprint density at radius 1 is 0.967 bits per heavy atom. The number of rotatable bonds is 6. The van der Waals surface area contributed by atoms with Gasteiger partial charge in [0.15, 0.2) is 0 Å². The van der Waals surface area contributed by atoms with Gasteiger partial charge >= 0.3 is 11.7 Å². The topological polar surface area (TPSA) is 96.5 Å². The Kier molecular flexibility index (Phi) is 5.43. The van der Waals surface area contributed by atoms with Crippen molar-refractivity contribution >= 4 is 28.9 Å². The van der Waals surface area contributed by atoms with Gasteiger partial charge in [0.25, 0.3) is 0 Å². The van der Waals surface area contributed by atoms with E-state index in [0.29, 0.717) is 12.2 Å². The van der Waals surface area contributed by atoms with Crippen LogP contribution in [-0.2, 0) is 11.3 Å². The van der Waals surface area contributed by atoms with Crippen molar-refractivity contribution in [3.63, 3.8) is 0 Å². The Labute approximate surface area is 172 Å². The summed E-state index contributed by atoms with van der Waals surface area (Å²) in [6.45, 7) is 0.393. The molecular weight excluding hydrogens is 382 g/mol. The molecule has 0 atom stereocenters. The highest BCUT2D eigenvalue weighted by atomic mass is 16.5. The molecule has 0 saturated carbocycles. The highest BCUT2D eigenvalue weighted by molar-refractivity contribution is 5.89. The van der Waals surface area contributed by atoms with Gasteiger partial charge in [0, 0.05) is 6.21 Å². The van der Waals surface area contributed by atoms with E-state index in [1.807, 2.05) is 54.6 Å². The molecule has 3 aromatic carbocycles. The number of nitrogens with zero attached hydrogens (tertiary/aromatic N) is 1. The van der Waals surface area contributed by atoms with Gasteiger partial charge in [0.1, 0.15) is 12.4 Å². The van der Waals surface area contributed by atoms with Crippen molar-refractivity contribution in [1.29, 1.82) is 0 Å². The average molecular weight is 401 g/mol. The summed E-state index contributed by atoms with van der Waals surface area (Å²) in [4.78, 5) is 32.7. The number of aromatic nitrogens is 2. The number of imidazole rings is 1. The van der Waals surface area contributed by atoms with E-state index in [2.05, 4.69) is 19.7 Å². The fourth-order valence-corrected chi connectivity index (χ4v) is 2.92. The fraction of sp³-hybridized carbons (Fsp3) is 0.0870. The second-order valence-electron chi connectivity index (χ2n) is 6.61. The third-order valence-corrected chi connectivity index (χ3v) is 4.52. The number of ether oxygens (including phenoxy) is 2. The molecule has 0 aliphatic rings. The van der Waals surface area contributed by atoms with Crippen LogP contribution in [0.1, 0.15) is 21.5 Å². The highest BCUT2D eigenvalue weighted by Gasteiger charge is 2.04. The molecule has 0 aliphatic carbocycles. The van der Waals surface area contributed by atoms with Crippen LogP contribution in [0.25, 0.3) is 11.0 Å². The van der Waals surface area contributed by atoms with E-state index in [1.54, 1.807) is 18.3 Å². The van der Waals surface area contributed by atoms with Crippen LogP contribution in [0.3, 0.4) is 0 Å². The summed E-state index contributed by atoms with van der Waals surface area (Å²) >= 11 is 0. The van der Waals surface area contributed by atoms with Gasteiger partial charge < -0.3 is 19.4 Å². The second kappa shape index (κ2) is 8.48. The number of methoxy groups -OCH3 is 1. The lowest BCUT2D eigenvalue weighted by Crippen LogP contribution is -2.02. The Bertz CT molecular complexity index is 1250. The van der Waals surface area contributed by atoms with Gasteiger partial charge in [0.2, 0.25) is 0 Å². The summed E-state index contributed by atoms with van der Waals surface area (Å²) in [5.41, 5.74) is 4.36. The lowest BCUT2D eigenvalue weighted by atomic mass is 10.1. The highest BCUT2D eigenvalue weighted by Crippen LogP contribution is 2.18. The lowest BCUT2D eigenvalue weighted by Gasteiger charge is -2.07. The number of carbonyl (C=O) groups excluding carboxylic acids is 1. The summed E-state index contributed by atoms with van der Waals surface area (Å²) in [7, 11) is 1.36. The number of carbonyl (C=O) groups is 1. The maximum Gasteiger partial charge on any atom is 0.337 e. The fourth-order valence-electron chi connectivity index (χ4n) is 2.92. The van der Waals surface area contributed by atoms with E-state index in [1.165, 1.54) is 7.11 Å². The van der Waals surface area contributed by atoms with Crippen molar-refractivity contribution < 1.29 is 14.3 Å². The minimum atomic E-state index is -0.360. The van der Waals surface area contributed by atoms with Crippen LogP contribution >= 0.6 is 0 Å². The van der Waals surface area contributed by atoms with E-state index in [9.17, 15) is 9.59 Å². The number of aromatic amines is 2. The van der Waals surface area contributed by atoms with Crippen LogP contribution < -0.4 is 10.4 Å². The van der Waals surface area contributed by atoms with Crippen LogP contribution in [0.5, 0.6) is 5.75 Å². The summed E-state index contributed by atoms with van der Waals surface area (Å²) < 4.78 is 10.5. The van der Waals surface area contributed by atoms with Gasteiger partial charge in [-0.25, -0.2) is 9.59 Å². The van der Waals surface area contributed by atoms with Crippen LogP contribution in [-0.4, -0.2) is 29.3 Å². The van der Waals surface area contributed by atoms with Crippen LogP contribution in [0, 0.1) is 0 Å². The maximum atomic E-state index is 11.5. The second-order valence-corrected chi connectivity index (χ2v) is 6.61. The molecule has 30 heavy (non-hydrogen) atoms. The van der Waals surface area contributed by atoms with E-state index in [0.717, 1.165) is 33.6 Å². The Morgan fingerprint density at radius 3 is 2.43 bits per heavy atom. The molecule has 150 valence electrons. The number of hydrogen-bond donors (Lipinski definition) is 2. The molecule has 0 fully saturated rings. The smallest absolute Gasteiger partial charge is 0.337 e. The summed E-state index contributed by atoms with van der Waals surface area (Å²) in [6, 6.07) is 20.1.